The number of hydrogen-bond donors (Lipinski definition) is 2. The molecule has 3 atom stereocenters. The summed E-state index contributed by atoms with van der Waals surface area (Å²) in [5.74, 6) is 1.22. The van der Waals surface area contributed by atoms with Crippen LogP contribution in [-0.2, 0) is 5.67 Å². The van der Waals surface area contributed by atoms with Gasteiger partial charge in [0.05, 0.1) is 15.9 Å². The highest BCUT2D eigenvalue weighted by molar-refractivity contribution is 7.21. The third-order valence-corrected chi connectivity index (χ3v) is 7.34. The van der Waals surface area contributed by atoms with Gasteiger partial charge < -0.3 is 10.6 Å². The number of thiazole rings is 1. The molecule has 8 heteroatoms. The molecule has 0 spiro atoms. The summed E-state index contributed by atoms with van der Waals surface area (Å²) in [7, 11) is 0. The van der Waals surface area contributed by atoms with Crippen molar-refractivity contribution in [2.45, 2.75) is 31.5 Å². The van der Waals surface area contributed by atoms with E-state index in [1.807, 2.05) is 37.3 Å². The summed E-state index contributed by atoms with van der Waals surface area (Å²) in [6.45, 7) is 2.75. The Morgan fingerprint density at radius 2 is 2.10 bits per heavy atom. The number of nitrogens with zero attached hydrogens (tertiary/aromatic N) is 4. The Morgan fingerprint density at radius 1 is 1.16 bits per heavy atom. The number of alkyl halides is 1. The summed E-state index contributed by atoms with van der Waals surface area (Å²) in [5.41, 5.74) is 1.98. The number of aromatic nitrogens is 4. The normalized spacial score (nSPS) is 24.7. The highest BCUT2D eigenvalue weighted by Gasteiger charge is 2.53. The number of aryl methyl sites for hydroxylation is 1. The Morgan fingerprint density at radius 3 is 2.90 bits per heavy atom. The molecule has 1 saturated heterocycles. The molecule has 31 heavy (non-hydrogen) atoms. The van der Waals surface area contributed by atoms with Crippen LogP contribution in [-0.4, -0.2) is 32.5 Å². The average Bonchev–Trinajstić information content (AvgIpc) is 3.48. The molecule has 156 valence electrons. The molecule has 2 N–H and O–H groups in total. The fourth-order valence-corrected chi connectivity index (χ4v) is 5.72. The second-order valence-corrected chi connectivity index (χ2v) is 9.39. The molecule has 1 aliphatic carbocycles. The molecule has 6 rings (SSSR count). The molecule has 5 heterocycles. The van der Waals surface area contributed by atoms with E-state index >= 15 is 4.39 Å². The van der Waals surface area contributed by atoms with Gasteiger partial charge in [-0.1, -0.05) is 12.1 Å². The molecule has 2 bridgehead atoms. The average molecular weight is 433 g/mol. The minimum atomic E-state index is -1.35. The Hall–Kier alpha value is -2.97. The first-order chi connectivity index (χ1) is 15.1. The first-order valence-corrected chi connectivity index (χ1v) is 11.3. The van der Waals surface area contributed by atoms with Gasteiger partial charge >= 0.3 is 0 Å². The quantitative estimate of drug-likeness (QED) is 0.485. The lowest BCUT2D eigenvalue weighted by Gasteiger charge is -2.29. The molecule has 0 radical (unpaired) electrons. The number of halogens is 1. The zero-order valence-electron chi connectivity index (χ0n) is 17.0. The first-order valence-electron chi connectivity index (χ1n) is 10.4. The Kier molecular flexibility index (Phi) is 4.26. The van der Waals surface area contributed by atoms with E-state index in [4.69, 9.17) is 4.98 Å². The largest absolute Gasteiger partial charge is 0.325 e. The number of pyridine rings is 3. The number of nitrogens with one attached hydrogen (secondary N) is 2. The lowest BCUT2D eigenvalue weighted by atomic mass is 9.88. The molecule has 4 aromatic rings. The van der Waals surface area contributed by atoms with Gasteiger partial charge in [0.25, 0.3) is 0 Å². The maximum absolute atomic E-state index is 15.7. The van der Waals surface area contributed by atoms with Crippen LogP contribution in [0.2, 0.25) is 0 Å². The lowest BCUT2D eigenvalue weighted by Crippen LogP contribution is -2.39. The van der Waals surface area contributed by atoms with Crippen LogP contribution in [0.5, 0.6) is 0 Å². The summed E-state index contributed by atoms with van der Waals surface area (Å²) in [6.07, 6.45) is 4.96. The van der Waals surface area contributed by atoms with Gasteiger partial charge in [-0.15, -0.1) is 11.3 Å². The molecule has 3 unspecified atom stereocenters. The van der Waals surface area contributed by atoms with Crippen molar-refractivity contribution in [2.75, 3.05) is 11.9 Å². The van der Waals surface area contributed by atoms with Crippen LogP contribution in [0, 0.1) is 12.8 Å². The van der Waals surface area contributed by atoms with Crippen LogP contribution >= 0.6 is 11.3 Å². The van der Waals surface area contributed by atoms with Crippen molar-refractivity contribution in [3.63, 3.8) is 0 Å². The van der Waals surface area contributed by atoms with Crippen LogP contribution in [0.25, 0.3) is 20.9 Å². The van der Waals surface area contributed by atoms with Crippen molar-refractivity contribution >= 4 is 33.2 Å². The molecule has 2 aliphatic rings. The molecule has 1 saturated carbocycles. The van der Waals surface area contributed by atoms with Crippen molar-refractivity contribution in [2.24, 2.45) is 5.92 Å². The predicted molar refractivity (Wildman–Crippen MR) is 120 cm³/mol. The standard InChI is InChI=1S/C23H21FN6S/c1-13-4-3-7-25-21(13)22-28-16-9-20(27-12-17(16)31-22)30-19-6-2-5-18(29-19)23(24)10-15-8-14(23)11-26-15/h2-7,9,12,14-15,26H,8,10-11H2,1H3,(H,27,29,30). The molecule has 4 aromatic heterocycles. The van der Waals surface area contributed by atoms with Gasteiger partial charge in [0, 0.05) is 43.4 Å². The van der Waals surface area contributed by atoms with Crippen molar-refractivity contribution in [1.82, 2.24) is 25.3 Å². The molecule has 6 nitrogen and oxygen atoms in total. The summed E-state index contributed by atoms with van der Waals surface area (Å²) in [4.78, 5) is 18.3. The van der Waals surface area contributed by atoms with E-state index in [9.17, 15) is 0 Å². The second kappa shape index (κ2) is 7.03. The van der Waals surface area contributed by atoms with Gasteiger partial charge in [-0.2, -0.15) is 0 Å². The monoisotopic (exact) mass is 432 g/mol. The predicted octanol–water partition coefficient (Wildman–Crippen LogP) is 4.75. The van der Waals surface area contributed by atoms with Gasteiger partial charge in [0.1, 0.15) is 22.3 Å². The fraction of sp³-hybridized carbons (Fsp3) is 0.304. The molecule has 0 amide bonds. The molecule has 2 fully saturated rings. The maximum atomic E-state index is 15.7. The van der Waals surface area contributed by atoms with E-state index in [0.717, 1.165) is 39.4 Å². The second-order valence-electron chi connectivity index (χ2n) is 8.36. The molecular formula is C23H21FN6S. The van der Waals surface area contributed by atoms with E-state index in [2.05, 4.69) is 25.6 Å². The van der Waals surface area contributed by atoms with E-state index in [1.165, 1.54) is 0 Å². The van der Waals surface area contributed by atoms with Crippen molar-refractivity contribution < 1.29 is 4.39 Å². The summed E-state index contributed by atoms with van der Waals surface area (Å²) in [5, 5.41) is 7.46. The van der Waals surface area contributed by atoms with Crippen LogP contribution in [0.15, 0.2) is 48.8 Å². The maximum Gasteiger partial charge on any atom is 0.158 e. The fourth-order valence-electron chi connectivity index (χ4n) is 4.74. The van der Waals surface area contributed by atoms with Gasteiger partial charge in [0.2, 0.25) is 0 Å². The lowest BCUT2D eigenvalue weighted by molar-refractivity contribution is 0.0886. The van der Waals surface area contributed by atoms with Crippen LogP contribution in [0.3, 0.4) is 0 Å². The molecule has 1 aliphatic heterocycles. The van der Waals surface area contributed by atoms with Gasteiger partial charge in [-0.05, 0) is 37.1 Å². The number of piperidine rings is 1. The Balaban J connectivity index is 1.29. The van der Waals surface area contributed by atoms with Gasteiger partial charge in [-0.3, -0.25) is 4.98 Å². The third kappa shape index (κ3) is 3.18. The number of anilines is 2. The summed E-state index contributed by atoms with van der Waals surface area (Å²) in [6, 6.07) is 11.6. The van der Waals surface area contributed by atoms with E-state index in [-0.39, 0.29) is 12.0 Å². The number of hydrogen-bond acceptors (Lipinski definition) is 7. The van der Waals surface area contributed by atoms with Crippen molar-refractivity contribution in [3.05, 3.63) is 60.0 Å². The minimum Gasteiger partial charge on any atom is -0.325 e. The van der Waals surface area contributed by atoms with Crippen LogP contribution in [0.1, 0.15) is 24.1 Å². The van der Waals surface area contributed by atoms with Crippen LogP contribution in [0.4, 0.5) is 16.0 Å². The number of fused-ring (bicyclic) bond motifs is 3. The van der Waals surface area contributed by atoms with Crippen molar-refractivity contribution in [1.29, 1.82) is 0 Å². The minimum absolute atomic E-state index is 0.00166. The first kappa shape index (κ1) is 18.8. The van der Waals surface area contributed by atoms with Crippen molar-refractivity contribution in [3.8, 4) is 10.7 Å². The molecule has 0 aromatic carbocycles. The zero-order valence-corrected chi connectivity index (χ0v) is 17.8. The van der Waals surface area contributed by atoms with Gasteiger partial charge in [-0.25, -0.2) is 19.3 Å². The third-order valence-electron chi connectivity index (χ3n) is 6.33. The van der Waals surface area contributed by atoms with E-state index < -0.39 is 5.67 Å². The smallest absolute Gasteiger partial charge is 0.158 e. The Bertz CT molecular complexity index is 1290. The highest BCUT2D eigenvalue weighted by atomic mass is 32.1. The topological polar surface area (TPSA) is 75.6 Å². The van der Waals surface area contributed by atoms with E-state index in [1.54, 1.807) is 29.8 Å². The summed E-state index contributed by atoms with van der Waals surface area (Å²) < 4.78 is 16.7. The van der Waals surface area contributed by atoms with Gasteiger partial charge in [0.15, 0.2) is 5.67 Å². The zero-order chi connectivity index (χ0) is 21.0. The van der Waals surface area contributed by atoms with Crippen LogP contribution < -0.4 is 10.6 Å². The Labute approximate surface area is 183 Å². The number of rotatable bonds is 4. The summed E-state index contributed by atoms with van der Waals surface area (Å²) >= 11 is 1.57. The van der Waals surface area contributed by atoms with E-state index in [0.29, 0.717) is 23.8 Å². The molecular weight excluding hydrogens is 411 g/mol. The SMILES string of the molecule is Cc1cccnc1-c1nc2cc(Nc3cccc(C4(F)CC5CC4CN5)n3)ncc2s1. The highest BCUT2D eigenvalue weighted by Crippen LogP contribution is 2.49.